The summed E-state index contributed by atoms with van der Waals surface area (Å²) in [5, 5.41) is 18.0. The van der Waals surface area contributed by atoms with E-state index >= 15 is 0 Å². The fourth-order valence-electron chi connectivity index (χ4n) is 3.82. The Morgan fingerprint density at radius 1 is 0.735 bits per heavy atom. The molecule has 4 atom stereocenters. The predicted octanol–water partition coefficient (Wildman–Crippen LogP) is 2.25. The number of aliphatic carboxylic acids is 1. The number of nitrogens with zero attached hydrogens (tertiary/aromatic N) is 1. The molecule has 34 heavy (non-hydrogen) atoms. The number of likely N-dealkylation sites (N-methyl/N-ethyl adjacent to an activating group) is 2. The Labute approximate surface area is 205 Å². The molecule has 4 N–H and O–H groups in total. The summed E-state index contributed by atoms with van der Waals surface area (Å²) in [6, 6.07) is -3.12. The first kappa shape index (κ1) is 31.8. The molecule has 9 heteroatoms. The van der Waals surface area contributed by atoms with Crippen molar-refractivity contribution in [1.29, 1.82) is 0 Å². The molecule has 0 rings (SSSR count). The number of carboxylic acid groups (broad SMARTS) is 1. The molecule has 0 aliphatic heterocycles. The van der Waals surface area contributed by atoms with Gasteiger partial charge in [0.2, 0.25) is 17.7 Å². The molecule has 0 spiro atoms. The maximum atomic E-state index is 13.5. The van der Waals surface area contributed by atoms with Crippen molar-refractivity contribution in [1.82, 2.24) is 20.9 Å². The lowest BCUT2D eigenvalue weighted by Gasteiger charge is -2.34. The number of hydrogen-bond donors (Lipinski definition) is 4. The van der Waals surface area contributed by atoms with Crippen molar-refractivity contribution < 1.29 is 24.3 Å². The largest absolute Gasteiger partial charge is 0.480 e. The minimum Gasteiger partial charge on any atom is -0.480 e. The Balaban J connectivity index is 5.75. The summed E-state index contributed by atoms with van der Waals surface area (Å²) >= 11 is 0. The molecular weight excluding hydrogens is 436 g/mol. The summed E-state index contributed by atoms with van der Waals surface area (Å²) in [4.78, 5) is 52.5. The lowest BCUT2D eigenvalue weighted by Crippen LogP contribution is -2.59. The van der Waals surface area contributed by atoms with E-state index in [9.17, 15) is 24.3 Å². The first-order valence-corrected chi connectivity index (χ1v) is 12.4. The van der Waals surface area contributed by atoms with Crippen molar-refractivity contribution in [3.63, 3.8) is 0 Å². The highest BCUT2D eigenvalue weighted by atomic mass is 16.4. The molecule has 0 saturated heterocycles. The maximum absolute atomic E-state index is 13.5. The summed E-state index contributed by atoms with van der Waals surface area (Å²) in [6.45, 7) is 15.4. The predicted molar refractivity (Wildman–Crippen MR) is 134 cm³/mol. The molecule has 0 unspecified atom stereocenters. The molecule has 0 aliphatic carbocycles. The zero-order valence-corrected chi connectivity index (χ0v) is 22.8. The molecule has 0 aromatic heterocycles. The van der Waals surface area contributed by atoms with Crippen LogP contribution in [0.1, 0.15) is 74.7 Å². The first-order valence-electron chi connectivity index (χ1n) is 12.4. The molecule has 0 aromatic carbocycles. The molecule has 0 radical (unpaired) electrons. The average molecular weight is 485 g/mol. The normalized spacial score (nSPS) is 15.2. The lowest BCUT2D eigenvalue weighted by molar-refractivity contribution is -0.146. The van der Waals surface area contributed by atoms with Gasteiger partial charge in [0.1, 0.15) is 18.1 Å². The van der Waals surface area contributed by atoms with E-state index in [1.54, 1.807) is 14.1 Å². The number of rotatable bonds is 15. The van der Waals surface area contributed by atoms with E-state index in [0.717, 1.165) is 0 Å². The molecule has 9 nitrogen and oxygen atoms in total. The van der Waals surface area contributed by atoms with Gasteiger partial charge in [0.25, 0.3) is 0 Å². The van der Waals surface area contributed by atoms with Gasteiger partial charge in [-0.1, -0.05) is 55.4 Å². The summed E-state index contributed by atoms with van der Waals surface area (Å²) < 4.78 is 0. The van der Waals surface area contributed by atoms with Gasteiger partial charge in [0.15, 0.2) is 0 Å². The molecule has 0 bridgehead atoms. The van der Waals surface area contributed by atoms with Gasteiger partial charge in [-0.25, -0.2) is 4.79 Å². The zero-order valence-electron chi connectivity index (χ0n) is 22.8. The SMILES string of the molecule is CN[C@@H](CC(C)C)C(=O)N[C@H](C(=O)N(C)[C@@H](CC(C)C)C(=O)N[C@@H](CC(C)C)C(=O)O)C(C)C. The van der Waals surface area contributed by atoms with Crippen LogP contribution in [0.3, 0.4) is 0 Å². The van der Waals surface area contributed by atoms with Crippen LogP contribution in [0.5, 0.6) is 0 Å². The minimum atomic E-state index is -1.10. The fourth-order valence-corrected chi connectivity index (χ4v) is 3.82. The smallest absolute Gasteiger partial charge is 0.326 e. The monoisotopic (exact) mass is 484 g/mol. The molecule has 198 valence electrons. The topological polar surface area (TPSA) is 128 Å². The van der Waals surface area contributed by atoms with Crippen molar-refractivity contribution in [3.05, 3.63) is 0 Å². The van der Waals surface area contributed by atoms with Crippen molar-refractivity contribution in [2.45, 2.75) is 98.8 Å². The van der Waals surface area contributed by atoms with Crippen molar-refractivity contribution in [3.8, 4) is 0 Å². The summed E-state index contributed by atoms with van der Waals surface area (Å²) in [7, 11) is 3.25. The quantitative estimate of drug-likeness (QED) is 0.282. The van der Waals surface area contributed by atoms with Gasteiger partial charge in [-0.3, -0.25) is 14.4 Å². The lowest BCUT2D eigenvalue weighted by atomic mass is 9.96. The van der Waals surface area contributed by atoms with Gasteiger partial charge >= 0.3 is 5.97 Å². The van der Waals surface area contributed by atoms with Crippen LogP contribution in [-0.4, -0.2) is 72.0 Å². The average Bonchev–Trinajstić information content (AvgIpc) is 2.71. The van der Waals surface area contributed by atoms with Crippen LogP contribution >= 0.6 is 0 Å². The summed E-state index contributed by atoms with van der Waals surface area (Å²) in [5.41, 5.74) is 0. The van der Waals surface area contributed by atoms with Crippen LogP contribution in [0.25, 0.3) is 0 Å². The summed E-state index contributed by atoms with van der Waals surface area (Å²) in [5.74, 6) is -1.97. The molecule has 0 fully saturated rings. The van der Waals surface area contributed by atoms with Crippen molar-refractivity contribution in [2.24, 2.45) is 23.7 Å². The molecule has 3 amide bonds. The van der Waals surface area contributed by atoms with Crippen LogP contribution < -0.4 is 16.0 Å². The van der Waals surface area contributed by atoms with Gasteiger partial charge in [-0.05, 0) is 50.0 Å². The van der Waals surface area contributed by atoms with Crippen LogP contribution in [0, 0.1) is 23.7 Å². The van der Waals surface area contributed by atoms with Crippen LogP contribution in [0.4, 0.5) is 0 Å². The van der Waals surface area contributed by atoms with E-state index < -0.39 is 36.0 Å². The fraction of sp³-hybridized carbons (Fsp3) is 0.840. The third kappa shape index (κ3) is 10.8. The highest BCUT2D eigenvalue weighted by molar-refractivity contribution is 5.94. The number of carbonyl (C=O) groups is 4. The molecular formula is C25H48N4O5. The van der Waals surface area contributed by atoms with Gasteiger partial charge in [-0.2, -0.15) is 0 Å². The van der Waals surface area contributed by atoms with Gasteiger partial charge < -0.3 is 26.0 Å². The second kappa shape index (κ2) is 15.0. The number of hydrogen-bond acceptors (Lipinski definition) is 5. The maximum Gasteiger partial charge on any atom is 0.326 e. The van der Waals surface area contributed by atoms with Gasteiger partial charge in [-0.15, -0.1) is 0 Å². The van der Waals surface area contributed by atoms with E-state index in [1.165, 1.54) is 4.90 Å². The second-order valence-corrected chi connectivity index (χ2v) is 10.8. The Hall–Kier alpha value is -2.16. The number of carbonyl (C=O) groups excluding carboxylic acids is 3. The Bertz CT molecular complexity index is 678. The van der Waals surface area contributed by atoms with E-state index in [1.807, 2.05) is 55.4 Å². The van der Waals surface area contributed by atoms with Crippen molar-refractivity contribution in [2.75, 3.05) is 14.1 Å². The molecule has 0 aliphatic rings. The van der Waals surface area contributed by atoms with Crippen LogP contribution in [0.15, 0.2) is 0 Å². The van der Waals surface area contributed by atoms with Gasteiger partial charge in [0, 0.05) is 7.05 Å². The summed E-state index contributed by atoms with van der Waals surface area (Å²) in [6.07, 6.45) is 1.29. The second-order valence-electron chi connectivity index (χ2n) is 10.8. The molecule has 0 heterocycles. The number of nitrogens with one attached hydrogen (secondary N) is 3. The molecule has 0 saturated carbocycles. The minimum absolute atomic E-state index is 0.0794. The third-order valence-electron chi connectivity index (χ3n) is 5.74. The van der Waals surface area contributed by atoms with Gasteiger partial charge in [0.05, 0.1) is 6.04 Å². The van der Waals surface area contributed by atoms with E-state index in [2.05, 4.69) is 16.0 Å². The standard InChI is InChI=1S/C25H48N4O5/c1-14(2)11-18(26-9)22(30)28-21(17(7)8)24(32)29(10)20(13-16(5)6)23(31)27-19(25(33)34)12-15(3)4/h14-21,26H,11-13H2,1-10H3,(H,27,31)(H,28,30)(H,33,34)/t18-,19-,20-,21-/m0/s1. The highest BCUT2D eigenvalue weighted by Gasteiger charge is 2.36. The number of amides is 3. The zero-order chi connectivity index (χ0) is 26.7. The van der Waals surface area contributed by atoms with E-state index in [4.69, 9.17) is 0 Å². The number of carboxylic acids is 1. The highest BCUT2D eigenvalue weighted by Crippen LogP contribution is 2.16. The first-order chi connectivity index (χ1) is 15.6. The Kier molecular flexibility index (Phi) is 14.0. The van der Waals surface area contributed by atoms with Crippen LogP contribution in [-0.2, 0) is 19.2 Å². The third-order valence-corrected chi connectivity index (χ3v) is 5.74. The Morgan fingerprint density at radius 3 is 1.59 bits per heavy atom. The Morgan fingerprint density at radius 2 is 1.21 bits per heavy atom. The van der Waals surface area contributed by atoms with E-state index in [0.29, 0.717) is 25.2 Å². The van der Waals surface area contributed by atoms with E-state index in [-0.39, 0.29) is 29.6 Å². The van der Waals surface area contributed by atoms with Crippen LogP contribution in [0.2, 0.25) is 0 Å². The van der Waals surface area contributed by atoms with Crippen molar-refractivity contribution >= 4 is 23.7 Å². The molecule has 0 aromatic rings.